The van der Waals surface area contributed by atoms with Gasteiger partial charge in [-0.3, -0.25) is 33.8 Å². The Morgan fingerprint density at radius 1 is 0.836 bits per heavy atom. The van der Waals surface area contributed by atoms with Crippen LogP contribution in [0, 0.1) is 17.8 Å². The zero-order valence-electron chi connectivity index (χ0n) is 41.9. The number of carbonyl (C=O) groups is 6. The van der Waals surface area contributed by atoms with Crippen LogP contribution >= 0.6 is 0 Å². The maximum Gasteiger partial charge on any atom is 0.416 e. The SMILES string of the molecule is CC(C)CN[C@@H]1CC[C@H](N2CC[C@H](Nc3ncnc4ccc(C(F)(F)F)cc34)C2=O)[C@H](NC(=O)CCOCCNC(=O)C2CCC(NC(=O)CCOCCNC(=O)[C@H]3CC(=O)N(C)[C@@H]3c3cccnc3)CC2)C1. The van der Waals surface area contributed by atoms with Crippen LogP contribution in [0.5, 0.6) is 0 Å². The molecule has 1 aromatic carbocycles. The van der Waals surface area contributed by atoms with Crippen LogP contribution in [-0.4, -0.2) is 150 Å². The number of benzene rings is 1. The van der Waals surface area contributed by atoms with E-state index < -0.39 is 23.7 Å². The number of nitrogens with zero attached hydrogens (tertiary/aromatic N) is 5. The van der Waals surface area contributed by atoms with Crippen molar-refractivity contribution in [3.05, 3.63) is 60.2 Å². The van der Waals surface area contributed by atoms with Crippen molar-refractivity contribution in [2.75, 3.05) is 65.0 Å². The van der Waals surface area contributed by atoms with Crippen molar-refractivity contribution in [1.82, 2.24) is 51.3 Å². The van der Waals surface area contributed by atoms with Crippen LogP contribution < -0.4 is 31.9 Å². The molecule has 2 aliphatic heterocycles. The van der Waals surface area contributed by atoms with E-state index in [1.807, 2.05) is 6.07 Å². The minimum Gasteiger partial charge on any atom is -0.379 e. The van der Waals surface area contributed by atoms with Gasteiger partial charge in [0, 0.05) is 81.7 Å². The highest BCUT2D eigenvalue weighted by Gasteiger charge is 2.44. The molecular weight excluding hydrogens is 952 g/mol. The Kier molecular flexibility index (Phi) is 19.3. The Hall–Kier alpha value is -6.00. The van der Waals surface area contributed by atoms with Gasteiger partial charge in [0.05, 0.1) is 61.6 Å². The number of nitrogens with one attached hydrogen (secondary N) is 6. The minimum atomic E-state index is -4.56. The molecule has 22 heteroatoms. The first kappa shape index (κ1) is 54.8. The van der Waals surface area contributed by atoms with Gasteiger partial charge >= 0.3 is 6.18 Å². The van der Waals surface area contributed by atoms with Crippen molar-refractivity contribution >= 4 is 52.2 Å². The highest BCUT2D eigenvalue weighted by molar-refractivity contribution is 5.93. The number of anilines is 1. The van der Waals surface area contributed by atoms with E-state index in [9.17, 15) is 41.9 Å². The van der Waals surface area contributed by atoms with Crippen LogP contribution in [0.15, 0.2) is 49.1 Å². The molecule has 19 nitrogen and oxygen atoms in total. The number of hydrogen-bond acceptors (Lipinski definition) is 13. The highest BCUT2D eigenvalue weighted by Crippen LogP contribution is 2.37. The Labute approximate surface area is 423 Å². The third kappa shape index (κ3) is 15.1. The summed E-state index contributed by atoms with van der Waals surface area (Å²) >= 11 is 0. The number of halogens is 3. The number of pyridine rings is 1. The van der Waals surface area contributed by atoms with Crippen LogP contribution in [0.1, 0.15) is 102 Å². The van der Waals surface area contributed by atoms with Gasteiger partial charge in [0.15, 0.2) is 0 Å². The number of likely N-dealkylation sites (tertiary alicyclic amines) is 2. The molecule has 4 aliphatic rings. The van der Waals surface area contributed by atoms with Gasteiger partial charge in [-0.2, -0.15) is 13.2 Å². The predicted molar refractivity (Wildman–Crippen MR) is 263 cm³/mol. The number of rotatable bonds is 23. The number of carbonyl (C=O) groups excluding carboxylic acids is 6. The second kappa shape index (κ2) is 25.8. The fourth-order valence-corrected chi connectivity index (χ4v) is 10.4. The summed E-state index contributed by atoms with van der Waals surface area (Å²) in [6.45, 7) is 6.73. The highest BCUT2D eigenvalue weighted by atomic mass is 19.4. The quantitative estimate of drug-likeness (QED) is 0.0746. The van der Waals surface area contributed by atoms with Crippen LogP contribution in [0.3, 0.4) is 0 Å². The van der Waals surface area contributed by atoms with Crippen LogP contribution in [-0.2, 0) is 44.4 Å². The molecule has 4 heterocycles. The molecule has 6 atom stereocenters. The van der Waals surface area contributed by atoms with Crippen molar-refractivity contribution in [2.24, 2.45) is 17.8 Å². The van der Waals surface area contributed by atoms with E-state index in [2.05, 4.69) is 60.7 Å². The van der Waals surface area contributed by atoms with Crippen molar-refractivity contribution in [2.45, 2.75) is 127 Å². The maximum atomic E-state index is 13.9. The van der Waals surface area contributed by atoms with Crippen molar-refractivity contribution in [3.8, 4) is 0 Å². The van der Waals surface area contributed by atoms with Gasteiger partial charge in [-0.15, -0.1) is 0 Å². The Morgan fingerprint density at radius 3 is 2.22 bits per heavy atom. The predicted octanol–water partition coefficient (Wildman–Crippen LogP) is 3.65. The molecule has 2 saturated carbocycles. The van der Waals surface area contributed by atoms with E-state index in [0.717, 1.165) is 30.7 Å². The molecule has 0 spiro atoms. The molecule has 0 bridgehead atoms. The minimum absolute atomic E-state index is 0.0429. The molecular formula is C51H70F3N11O8. The van der Waals surface area contributed by atoms with Crippen LogP contribution in [0.25, 0.3) is 10.9 Å². The molecule has 0 radical (unpaired) electrons. The van der Waals surface area contributed by atoms with E-state index in [-0.39, 0.29) is 142 Å². The Morgan fingerprint density at radius 2 is 1.53 bits per heavy atom. The Bertz CT molecular complexity index is 2370. The average molecular weight is 1020 g/mol. The number of hydrogen-bond donors (Lipinski definition) is 6. The second-order valence-electron chi connectivity index (χ2n) is 20.0. The molecule has 398 valence electrons. The molecule has 2 saturated heterocycles. The largest absolute Gasteiger partial charge is 0.416 e. The zero-order valence-corrected chi connectivity index (χ0v) is 41.9. The van der Waals surface area contributed by atoms with Gasteiger partial charge < -0.3 is 51.2 Å². The van der Waals surface area contributed by atoms with E-state index in [0.29, 0.717) is 62.9 Å². The van der Waals surface area contributed by atoms with Gasteiger partial charge in [-0.25, -0.2) is 9.97 Å². The molecule has 0 unspecified atom stereocenters. The monoisotopic (exact) mass is 1020 g/mol. The van der Waals surface area contributed by atoms with Gasteiger partial charge in [0.1, 0.15) is 18.2 Å². The lowest BCUT2D eigenvalue weighted by atomic mass is 9.85. The van der Waals surface area contributed by atoms with Crippen molar-refractivity contribution in [1.29, 1.82) is 0 Å². The number of alkyl halides is 3. The number of ether oxygens (including phenoxy) is 2. The fraction of sp³-hybridized carbons (Fsp3) is 0.627. The third-order valence-electron chi connectivity index (χ3n) is 14.3. The summed E-state index contributed by atoms with van der Waals surface area (Å²) in [7, 11) is 1.69. The molecule has 7 rings (SSSR count). The van der Waals surface area contributed by atoms with Crippen LogP contribution in [0.2, 0.25) is 0 Å². The van der Waals surface area contributed by atoms with Crippen LogP contribution in [0.4, 0.5) is 19.0 Å². The summed E-state index contributed by atoms with van der Waals surface area (Å²) in [5.41, 5.74) is 0.283. The Balaban J connectivity index is 0.761. The van der Waals surface area contributed by atoms with Gasteiger partial charge in [-0.05, 0) is 93.7 Å². The first-order chi connectivity index (χ1) is 35.0. The molecule has 2 aromatic heterocycles. The number of amides is 6. The fourth-order valence-electron chi connectivity index (χ4n) is 10.4. The molecule has 3 aromatic rings. The first-order valence-electron chi connectivity index (χ1n) is 25.6. The van der Waals surface area contributed by atoms with E-state index in [4.69, 9.17) is 9.47 Å². The maximum absolute atomic E-state index is 13.9. The first-order valence-corrected chi connectivity index (χ1v) is 25.6. The molecule has 6 amide bonds. The van der Waals surface area contributed by atoms with Crippen molar-refractivity contribution in [3.63, 3.8) is 0 Å². The normalized spacial score (nSPS) is 24.5. The van der Waals surface area contributed by atoms with Gasteiger partial charge in [0.25, 0.3) is 0 Å². The van der Waals surface area contributed by atoms with E-state index >= 15 is 0 Å². The smallest absolute Gasteiger partial charge is 0.379 e. The standard InChI is InChI=1S/C51H70F3N11O8/c1-31(2)28-58-36-11-13-42(65-20-14-40(50(65)71)63-47-37-25-34(51(52,53)54)8-12-39(37)59-30-60-47)41(26-36)62-44(67)16-22-73-23-18-56-48(69)32-6-9-35(10-7-32)61-43(66)15-21-72-24-19-57-49(70)38-27-45(68)64(3)46(38)33-5-4-17-55-29-33/h4-5,8,12,17,25,29-32,35-36,38,40-42,46,58H,6-7,9-11,13-16,18-24,26-28H2,1-3H3,(H,56,69)(H,57,70)(H,61,66)(H,62,67)(H,59,60,63)/t32?,35?,36-,38+,40+,41-,42+,46-/m1/s1. The number of aromatic nitrogens is 3. The topological polar surface area (TPSA) is 238 Å². The average Bonchev–Trinajstić information content (AvgIpc) is 3.88. The summed E-state index contributed by atoms with van der Waals surface area (Å²) in [5, 5.41) is 18.8. The van der Waals surface area contributed by atoms with Gasteiger partial charge in [0.2, 0.25) is 35.4 Å². The summed E-state index contributed by atoms with van der Waals surface area (Å²) in [5.74, 6) is -1.15. The summed E-state index contributed by atoms with van der Waals surface area (Å²) in [6, 6.07) is 5.23. The summed E-state index contributed by atoms with van der Waals surface area (Å²) in [6.07, 6.45) is 5.41. The summed E-state index contributed by atoms with van der Waals surface area (Å²) < 4.78 is 52.0. The molecule has 2 aliphatic carbocycles. The lowest BCUT2D eigenvalue weighted by Gasteiger charge is -2.42. The zero-order chi connectivity index (χ0) is 52.1. The van der Waals surface area contributed by atoms with Crippen molar-refractivity contribution < 1.29 is 51.4 Å². The summed E-state index contributed by atoms with van der Waals surface area (Å²) in [4.78, 5) is 94.0. The second-order valence-corrected chi connectivity index (χ2v) is 20.0. The lowest BCUT2D eigenvalue weighted by molar-refractivity contribution is -0.137. The van der Waals surface area contributed by atoms with Gasteiger partial charge in [-0.1, -0.05) is 19.9 Å². The molecule has 4 fully saturated rings. The van der Waals surface area contributed by atoms with E-state index in [1.54, 1.807) is 35.3 Å². The molecule has 73 heavy (non-hydrogen) atoms. The number of fused-ring (bicyclic) bond motifs is 1. The van der Waals surface area contributed by atoms with E-state index in [1.165, 1.54) is 12.4 Å². The molecule has 6 N–H and O–H groups in total. The third-order valence-corrected chi connectivity index (χ3v) is 14.3. The lowest BCUT2D eigenvalue weighted by Crippen LogP contribution is -2.58.